The van der Waals surface area contributed by atoms with Gasteiger partial charge in [0.2, 0.25) is 0 Å². The molecular weight excluding hydrogens is 458 g/mol. The van der Waals surface area contributed by atoms with Gasteiger partial charge in [-0.3, -0.25) is 14.6 Å². The first-order chi connectivity index (χ1) is 16.1. The number of amides is 2. The van der Waals surface area contributed by atoms with Crippen LogP contribution in [-0.2, 0) is 12.6 Å². The maximum absolute atomic E-state index is 14.0. The van der Waals surface area contributed by atoms with Crippen LogP contribution in [0.1, 0.15) is 37.5 Å². The van der Waals surface area contributed by atoms with Crippen molar-refractivity contribution in [2.24, 2.45) is 5.73 Å². The number of primary amides is 1. The van der Waals surface area contributed by atoms with Gasteiger partial charge in [-0.25, -0.2) is 4.39 Å². The van der Waals surface area contributed by atoms with E-state index in [0.29, 0.717) is 6.42 Å². The summed E-state index contributed by atoms with van der Waals surface area (Å²) in [6.07, 6.45) is -3.21. The summed E-state index contributed by atoms with van der Waals surface area (Å²) in [5.74, 6) is -2.28. The standard InChI is InChI=1S/C23H17F4N3O4/c1-11-14(23(25,26)27)2-4-17(34-18-5-3-15(24)13-7-9-33-20(13)18)19(11)22(32)30-12-6-8-29-16(10-12)21(28)31/h2-6,8,10H,7,9H2,1H3,(H2,28,31)(H,29,30,32). The van der Waals surface area contributed by atoms with Gasteiger partial charge in [0.25, 0.3) is 11.8 Å². The van der Waals surface area contributed by atoms with E-state index in [4.69, 9.17) is 15.2 Å². The van der Waals surface area contributed by atoms with Crippen molar-refractivity contribution in [3.05, 3.63) is 76.4 Å². The second kappa shape index (κ2) is 8.65. The van der Waals surface area contributed by atoms with Crippen molar-refractivity contribution < 1.29 is 36.6 Å². The fourth-order valence-corrected chi connectivity index (χ4v) is 3.63. The van der Waals surface area contributed by atoms with Crippen LogP contribution in [0.2, 0.25) is 0 Å². The van der Waals surface area contributed by atoms with Crippen molar-refractivity contribution in [2.75, 3.05) is 11.9 Å². The maximum atomic E-state index is 14.0. The topological polar surface area (TPSA) is 104 Å². The number of benzene rings is 2. The molecule has 0 atom stereocenters. The molecule has 0 bridgehead atoms. The van der Waals surface area contributed by atoms with Crippen LogP contribution in [0.15, 0.2) is 42.6 Å². The van der Waals surface area contributed by atoms with Crippen LogP contribution in [0, 0.1) is 12.7 Å². The van der Waals surface area contributed by atoms with Gasteiger partial charge in [-0.2, -0.15) is 13.2 Å². The molecule has 0 radical (unpaired) electrons. The summed E-state index contributed by atoms with van der Waals surface area (Å²) in [6, 6.07) is 6.76. The van der Waals surface area contributed by atoms with E-state index in [0.717, 1.165) is 25.1 Å². The first kappa shape index (κ1) is 23.0. The highest BCUT2D eigenvalue weighted by Crippen LogP contribution is 2.42. The average Bonchev–Trinajstić information content (AvgIpc) is 3.26. The van der Waals surface area contributed by atoms with Crippen molar-refractivity contribution in [1.29, 1.82) is 0 Å². The minimum absolute atomic E-state index is 0.0574. The van der Waals surface area contributed by atoms with Crippen molar-refractivity contribution in [1.82, 2.24) is 4.98 Å². The number of nitrogens with zero attached hydrogens (tertiary/aromatic N) is 1. The Bertz CT molecular complexity index is 1310. The van der Waals surface area contributed by atoms with E-state index in [2.05, 4.69) is 10.3 Å². The van der Waals surface area contributed by atoms with Gasteiger partial charge in [-0.15, -0.1) is 0 Å². The SMILES string of the molecule is Cc1c(C(F)(F)F)ccc(Oc2ccc(F)c3c2OCC3)c1C(=O)Nc1ccnc(C(N)=O)c1. The third kappa shape index (κ3) is 4.36. The van der Waals surface area contributed by atoms with E-state index >= 15 is 0 Å². The van der Waals surface area contributed by atoms with Crippen molar-refractivity contribution in [2.45, 2.75) is 19.5 Å². The number of halogens is 4. The lowest BCUT2D eigenvalue weighted by molar-refractivity contribution is -0.138. The van der Waals surface area contributed by atoms with Gasteiger partial charge in [0.1, 0.15) is 17.3 Å². The Labute approximate surface area is 190 Å². The average molecular weight is 475 g/mol. The lowest BCUT2D eigenvalue weighted by Crippen LogP contribution is -2.19. The lowest BCUT2D eigenvalue weighted by Gasteiger charge is -2.19. The number of nitrogens with two attached hydrogens (primary N) is 1. The molecule has 3 N–H and O–H groups in total. The summed E-state index contributed by atoms with van der Waals surface area (Å²) in [4.78, 5) is 28.2. The summed E-state index contributed by atoms with van der Waals surface area (Å²) in [5, 5.41) is 2.44. The third-order valence-electron chi connectivity index (χ3n) is 5.22. The molecule has 2 aromatic carbocycles. The molecule has 34 heavy (non-hydrogen) atoms. The summed E-state index contributed by atoms with van der Waals surface area (Å²) in [7, 11) is 0. The number of anilines is 1. The monoisotopic (exact) mass is 475 g/mol. The number of carbonyl (C=O) groups is 2. The Kier molecular flexibility index (Phi) is 5.86. The summed E-state index contributed by atoms with van der Waals surface area (Å²) < 4.78 is 65.9. The van der Waals surface area contributed by atoms with E-state index in [1.165, 1.54) is 24.4 Å². The highest BCUT2D eigenvalue weighted by molar-refractivity contribution is 6.08. The molecule has 0 unspecified atom stereocenters. The van der Waals surface area contributed by atoms with Crippen molar-refractivity contribution in [3.8, 4) is 17.2 Å². The molecule has 7 nitrogen and oxygen atoms in total. The number of nitrogens with one attached hydrogen (secondary N) is 1. The molecule has 2 heterocycles. The van der Waals surface area contributed by atoms with Crippen LogP contribution in [0.3, 0.4) is 0 Å². The lowest BCUT2D eigenvalue weighted by atomic mass is 9.99. The smallest absolute Gasteiger partial charge is 0.416 e. The molecule has 0 spiro atoms. The largest absolute Gasteiger partial charge is 0.489 e. The van der Waals surface area contributed by atoms with Crippen LogP contribution in [0.25, 0.3) is 0 Å². The number of fused-ring (bicyclic) bond motifs is 1. The molecular formula is C23H17F4N3O4. The van der Waals surface area contributed by atoms with E-state index in [1.807, 2.05) is 0 Å². The molecule has 1 aromatic heterocycles. The quantitative estimate of drug-likeness (QED) is 0.524. The van der Waals surface area contributed by atoms with Gasteiger partial charge in [0.15, 0.2) is 11.5 Å². The second-order valence-corrected chi connectivity index (χ2v) is 7.41. The molecule has 4 rings (SSSR count). The Morgan fingerprint density at radius 3 is 2.59 bits per heavy atom. The molecule has 1 aliphatic rings. The number of aromatic nitrogens is 1. The van der Waals surface area contributed by atoms with Crippen LogP contribution < -0.4 is 20.5 Å². The van der Waals surface area contributed by atoms with Crippen LogP contribution >= 0.6 is 0 Å². The highest BCUT2D eigenvalue weighted by atomic mass is 19.4. The van der Waals surface area contributed by atoms with Crippen LogP contribution in [0.5, 0.6) is 17.2 Å². The molecule has 11 heteroatoms. The molecule has 0 fully saturated rings. The predicted octanol–water partition coefficient (Wildman–Crippen LogP) is 4.63. The molecule has 0 aliphatic carbocycles. The second-order valence-electron chi connectivity index (χ2n) is 7.41. The predicted molar refractivity (Wildman–Crippen MR) is 113 cm³/mol. The zero-order chi connectivity index (χ0) is 24.6. The number of hydrogen-bond acceptors (Lipinski definition) is 5. The van der Waals surface area contributed by atoms with Crippen molar-refractivity contribution >= 4 is 17.5 Å². The van der Waals surface area contributed by atoms with Gasteiger partial charge < -0.3 is 20.5 Å². The Hall–Kier alpha value is -4.15. The summed E-state index contributed by atoms with van der Waals surface area (Å²) in [6.45, 7) is 1.35. The maximum Gasteiger partial charge on any atom is 0.416 e. The van der Waals surface area contributed by atoms with E-state index in [-0.39, 0.29) is 46.4 Å². The first-order valence-electron chi connectivity index (χ1n) is 9.96. The molecule has 176 valence electrons. The fraction of sp³-hybridized carbons (Fsp3) is 0.174. The molecule has 0 saturated heterocycles. The number of ether oxygens (including phenoxy) is 2. The van der Waals surface area contributed by atoms with E-state index in [1.54, 1.807) is 0 Å². The van der Waals surface area contributed by atoms with E-state index < -0.39 is 34.9 Å². The Morgan fingerprint density at radius 2 is 1.88 bits per heavy atom. The van der Waals surface area contributed by atoms with Gasteiger partial charge in [-0.1, -0.05) is 0 Å². The van der Waals surface area contributed by atoms with Gasteiger partial charge in [-0.05, 0) is 48.9 Å². The number of alkyl halides is 3. The zero-order valence-electron chi connectivity index (χ0n) is 17.6. The number of pyridine rings is 1. The normalized spacial score (nSPS) is 12.6. The third-order valence-corrected chi connectivity index (χ3v) is 5.22. The summed E-state index contributed by atoms with van der Waals surface area (Å²) in [5.41, 5.74) is 3.59. The first-order valence-corrected chi connectivity index (χ1v) is 9.96. The highest BCUT2D eigenvalue weighted by Gasteiger charge is 2.35. The molecule has 3 aromatic rings. The van der Waals surface area contributed by atoms with Crippen molar-refractivity contribution in [3.63, 3.8) is 0 Å². The summed E-state index contributed by atoms with van der Waals surface area (Å²) >= 11 is 0. The van der Waals surface area contributed by atoms with Crippen LogP contribution in [-0.4, -0.2) is 23.4 Å². The van der Waals surface area contributed by atoms with Gasteiger partial charge in [0, 0.05) is 23.9 Å². The van der Waals surface area contributed by atoms with Crippen LogP contribution in [0.4, 0.5) is 23.2 Å². The molecule has 2 amide bonds. The fourth-order valence-electron chi connectivity index (χ4n) is 3.63. The number of carbonyl (C=O) groups excluding carboxylic acids is 2. The zero-order valence-corrected chi connectivity index (χ0v) is 17.6. The minimum Gasteiger partial charge on any atom is -0.489 e. The van der Waals surface area contributed by atoms with Gasteiger partial charge in [0.05, 0.1) is 17.7 Å². The Balaban J connectivity index is 1.77. The minimum atomic E-state index is -4.73. The molecule has 0 saturated carbocycles. The van der Waals surface area contributed by atoms with Gasteiger partial charge >= 0.3 is 6.18 Å². The van der Waals surface area contributed by atoms with E-state index in [9.17, 15) is 27.2 Å². The molecule has 1 aliphatic heterocycles. The number of hydrogen-bond donors (Lipinski definition) is 2. The number of rotatable bonds is 5. The Morgan fingerprint density at radius 1 is 1.15 bits per heavy atom.